The second-order valence-corrected chi connectivity index (χ2v) is 7.89. The molecule has 31 heavy (non-hydrogen) atoms. The van der Waals surface area contributed by atoms with Crippen LogP contribution in [0.1, 0.15) is 25.3 Å². The largest absolute Gasteiger partial charge is 0.497 e. The number of unbranched alkanes of at least 4 members (excludes halogenated alkanes) is 1. The van der Waals surface area contributed by atoms with Crippen LogP contribution in [0.2, 0.25) is 0 Å². The third-order valence-electron chi connectivity index (χ3n) is 4.78. The predicted molar refractivity (Wildman–Crippen MR) is 121 cm³/mol. The van der Waals surface area contributed by atoms with Gasteiger partial charge in [-0.1, -0.05) is 24.7 Å². The second-order valence-electron chi connectivity index (χ2n) is 6.88. The van der Waals surface area contributed by atoms with Crippen molar-refractivity contribution in [2.45, 2.75) is 19.8 Å². The van der Waals surface area contributed by atoms with Crippen LogP contribution in [-0.4, -0.2) is 35.4 Å². The molecule has 0 fully saturated rings. The second kappa shape index (κ2) is 9.18. The summed E-state index contributed by atoms with van der Waals surface area (Å²) in [5.74, 6) is 2.66. The van der Waals surface area contributed by atoms with Crippen molar-refractivity contribution in [3.05, 3.63) is 62.9 Å². The number of methoxy groups -OCH3 is 2. The summed E-state index contributed by atoms with van der Waals surface area (Å²) in [5.41, 5.74) is 1.36. The zero-order valence-corrected chi connectivity index (χ0v) is 18.4. The average molecular weight is 438 g/mol. The SMILES string of the molecule is CCCCOc1ccc(-c2nc3sc(=Cc4cc(OC)ccc4OC)c(=O)n3n2)cc1. The molecule has 0 saturated heterocycles. The standard InChI is InChI=1S/C23H23N3O4S/c1-4-5-12-30-17-8-6-15(7-9-17)21-24-23-26(25-21)22(27)20(31-23)14-16-13-18(28-2)10-11-19(16)29-3/h6-11,13-14H,4-5,12H2,1-3H3. The quantitative estimate of drug-likeness (QED) is 0.393. The van der Waals surface area contributed by atoms with E-state index in [2.05, 4.69) is 17.0 Å². The summed E-state index contributed by atoms with van der Waals surface area (Å²) in [6.45, 7) is 2.83. The van der Waals surface area contributed by atoms with Gasteiger partial charge in [0, 0.05) is 11.1 Å². The lowest BCUT2D eigenvalue weighted by molar-refractivity contribution is 0.309. The van der Waals surface area contributed by atoms with Crippen molar-refractivity contribution < 1.29 is 14.2 Å². The Morgan fingerprint density at radius 3 is 2.52 bits per heavy atom. The Bertz CT molecular complexity index is 1300. The summed E-state index contributed by atoms with van der Waals surface area (Å²) in [7, 11) is 3.19. The van der Waals surface area contributed by atoms with Crippen LogP contribution in [0.3, 0.4) is 0 Å². The highest BCUT2D eigenvalue weighted by atomic mass is 32.1. The average Bonchev–Trinajstić information content (AvgIpc) is 3.34. The van der Waals surface area contributed by atoms with Gasteiger partial charge in [-0.25, -0.2) is 0 Å². The van der Waals surface area contributed by atoms with E-state index in [1.54, 1.807) is 26.4 Å². The Hall–Kier alpha value is -3.39. The molecule has 0 aliphatic carbocycles. The molecule has 0 atom stereocenters. The van der Waals surface area contributed by atoms with Crippen LogP contribution in [0.4, 0.5) is 0 Å². The maximum atomic E-state index is 12.9. The van der Waals surface area contributed by atoms with E-state index in [9.17, 15) is 4.79 Å². The fourth-order valence-electron chi connectivity index (χ4n) is 3.08. The smallest absolute Gasteiger partial charge is 0.291 e. The monoisotopic (exact) mass is 437 g/mol. The number of nitrogens with zero attached hydrogens (tertiary/aromatic N) is 3. The zero-order chi connectivity index (χ0) is 21.8. The van der Waals surface area contributed by atoms with Gasteiger partial charge in [-0.05, 0) is 55.0 Å². The van der Waals surface area contributed by atoms with Crippen LogP contribution in [0.5, 0.6) is 17.2 Å². The first-order chi connectivity index (χ1) is 15.1. The molecule has 8 heteroatoms. The van der Waals surface area contributed by atoms with E-state index in [0.717, 1.165) is 29.7 Å². The van der Waals surface area contributed by atoms with E-state index in [-0.39, 0.29) is 5.56 Å². The Kier molecular flexibility index (Phi) is 6.18. The van der Waals surface area contributed by atoms with Crippen LogP contribution in [0.15, 0.2) is 47.3 Å². The topological polar surface area (TPSA) is 75.0 Å². The van der Waals surface area contributed by atoms with Crippen LogP contribution in [0, 0.1) is 0 Å². The molecule has 2 aromatic carbocycles. The lowest BCUT2D eigenvalue weighted by atomic mass is 10.2. The van der Waals surface area contributed by atoms with Gasteiger partial charge in [0.25, 0.3) is 5.56 Å². The van der Waals surface area contributed by atoms with Crippen molar-refractivity contribution >= 4 is 22.4 Å². The summed E-state index contributed by atoms with van der Waals surface area (Å²) in [5, 5.41) is 4.41. The van der Waals surface area contributed by atoms with Gasteiger partial charge in [0.2, 0.25) is 4.96 Å². The summed E-state index contributed by atoms with van der Waals surface area (Å²) < 4.78 is 18.2. The van der Waals surface area contributed by atoms with Crippen molar-refractivity contribution in [1.82, 2.24) is 14.6 Å². The molecule has 0 aliphatic rings. The first-order valence-electron chi connectivity index (χ1n) is 9.99. The fraction of sp³-hybridized carbons (Fsp3) is 0.261. The molecule has 7 nitrogen and oxygen atoms in total. The lowest BCUT2D eigenvalue weighted by Crippen LogP contribution is -2.23. The van der Waals surface area contributed by atoms with Crippen molar-refractivity contribution in [2.75, 3.05) is 20.8 Å². The molecule has 4 aromatic rings. The Balaban J connectivity index is 1.65. The summed E-state index contributed by atoms with van der Waals surface area (Å²) in [6, 6.07) is 13.0. The molecule has 0 spiro atoms. The molecule has 0 saturated carbocycles. The van der Waals surface area contributed by atoms with Crippen LogP contribution >= 0.6 is 11.3 Å². The molecule has 0 bridgehead atoms. The maximum absolute atomic E-state index is 12.9. The lowest BCUT2D eigenvalue weighted by Gasteiger charge is -2.06. The first-order valence-corrected chi connectivity index (χ1v) is 10.8. The minimum atomic E-state index is -0.219. The number of fused-ring (bicyclic) bond motifs is 1. The van der Waals surface area contributed by atoms with E-state index in [4.69, 9.17) is 14.2 Å². The first kappa shape index (κ1) is 20.9. The molecule has 0 radical (unpaired) electrons. The van der Waals surface area contributed by atoms with Gasteiger partial charge in [0.05, 0.1) is 25.4 Å². The van der Waals surface area contributed by atoms with Crippen LogP contribution in [0.25, 0.3) is 22.4 Å². The number of ether oxygens (including phenoxy) is 3. The molecular weight excluding hydrogens is 414 g/mol. The van der Waals surface area contributed by atoms with E-state index in [0.29, 0.717) is 33.4 Å². The summed E-state index contributed by atoms with van der Waals surface area (Å²) in [6.07, 6.45) is 3.88. The molecule has 4 rings (SSSR count). The number of thiazole rings is 1. The van der Waals surface area contributed by atoms with Gasteiger partial charge in [-0.2, -0.15) is 9.50 Å². The third kappa shape index (κ3) is 4.39. The highest BCUT2D eigenvalue weighted by Crippen LogP contribution is 2.25. The van der Waals surface area contributed by atoms with Gasteiger partial charge in [-0.15, -0.1) is 5.10 Å². The third-order valence-corrected chi connectivity index (χ3v) is 5.74. The van der Waals surface area contributed by atoms with Crippen molar-refractivity contribution in [2.24, 2.45) is 0 Å². The molecule has 0 aliphatic heterocycles. The Labute approximate surface area is 183 Å². The van der Waals surface area contributed by atoms with Crippen molar-refractivity contribution in [1.29, 1.82) is 0 Å². The van der Waals surface area contributed by atoms with Crippen molar-refractivity contribution in [3.8, 4) is 28.6 Å². The Morgan fingerprint density at radius 2 is 1.84 bits per heavy atom. The molecule has 0 unspecified atom stereocenters. The number of rotatable bonds is 8. The molecule has 2 heterocycles. The highest BCUT2D eigenvalue weighted by Gasteiger charge is 2.13. The zero-order valence-electron chi connectivity index (χ0n) is 17.6. The van der Waals surface area contributed by atoms with Crippen LogP contribution < -0.4 is 24.3 Å². The predicted octanol–water partition coefficient (Wildman–Crippen LogP) is 3.56. The summed E-state index contributed by atoms with van der Waals surface area (Å²) >= 11 is 1.28. The van der Waals surface area contributed by atoms with E-state index in [1.165, 1.54) is 15.9 Å². The highest BCUT2D eigenvalue weighted by molar-refractivity contribution is 7.15. The van der Waals surface area contributed by atoms with Gasteiger partial charge in [0.1, 0.15) is 17.2 Å². The van der Waals surface area contributed by atoms with Gasteiger partial charge in [0.15, 0.2) is 5.82 Å². The molecule has 0 N–H and O–H groups in total. The molecular formula is C23H23N3O4S. The van der Waals surface area contributed by atoms with E-state index < -0.39 is 0 Å². The van der Waals surface area contributed by atoms with Gasteiger partial charge < -0.3 is 14.2 Å². The minimum absolute atomic E-state index is 0.219. The van der Waals surface area contributed by atoms with Crippen LogP contribution in [-0.2, 0) is 0 Å². The minimum Gasteiger partial charge on any atom is -0.497 e. The normalized spacial score (nSPS) is 11.8. The van der Waals surface area contributed by atoms with E-state index >= 15 is 0 Å². The summed E-state index contributed by atoms with van der Waals surface area (Å²) in [4.78, 5) is 18.0. The van der Waals surface area contributed by atoms with Gasteiger partial charge >= 0.3 is 0 Å². The number of benzene rings is 2. The molecule has 0 amide bonds. The Morgan fingerprint density at radius 1 is 1.06 bits per heavy atom. The maximum Gasteiger partial charge on any atom is 0.291 e. The van der Waals surface area contributed by atoms with Gasteiger partial charge in [-0.3, -0.25) is 4.79 Å². The fourth-order valence-corrected chi connectivity index (χ4v) is 3.98. The number of hydrogen-bond donors (Lipinski definition) is 0. The number of hydrogen-bond acceptors (Lipinski definition) is 7. The number of aromatic nitrogens is 3. The molecule has 160 valence electrons. The van der Waals surface area contributed by atoms with E-state index in [1.807, 2.05) is 36.4 Å². The van der Waals surface area contributed by atoms with Crippen molar-refractivity contribution in [3.63, 3.8) is 0 Å². The molecule has 2 aromatic heterocycles.